The summed E-state index contributed by atoms with van der Waals surface area (Å²) in [4.78, 5) is 30.8. The van der Waals surface area contributed by atoms with Crippen LogP contribution in [-0.4, -0.2) is 65.4 Å². The van der Waals surface area contributed by atoms with E-state index in [1.54, 1.807) is 13.2 Å². The largest absolute Gasteiger partial charge is 0.481 e. The van der Waals surface area contributed by atoms with Gasteiger partial charge in [-0.1, -0.05) is 18.2 Å². The van der Waals surface area contributed by atoms with Gasteiger partial charge in [-0.25, -0.2) is 9.78 Å². The number of carboxylic acid groups (broad SMARTS) is 1. The van der Waals surface area contributed by atoms with Gasteiger partial charge in [-0.05, 0) is 45.2 Å². The molecule has 0 spiro atoms. The molecular formula is C23H31N3O5. The molecule has 2 N–H and O–H groups in total. The van der Waals surface area contributed by atoms with Crippen molar-refractivity contribution >= 4 is 23.0 Å². The zero-order valence-electron chi connectivity index (χ0n) is 18.6. The van der Waals surface area contributed by atoms with Gasteiger partial charge in [-0.15, -0.1) is 0 Å². The van der Waals surface area contributed by atoms with E-state index >= 15 is 0 Å². The van der Waals surface area contributed by atoms with E-state index in [4.69, 9.17) is 9.47 Å². The Hall–Kier alpha value is -2.87. The number of piperidine rings is 1. The minimum absolute atomic E-state index is 0.0258. The van der Waals surface area contributed by atoms with Crippen LogP contribution in [0.5, 0.6) is 5.88 Å². The second kappa shape index (κ2) is 9.51. The maximum Gasteiger partial charge on any atom is 0.407 e. The lowest BCUT2D eigenvalue weighted by Gasteiger charge is -2.34. The van der Waals surface area contributed by atoms with Crippen LogP contribution in [-0.2, 0) is 9.53 Å². The van der Waals surface area contributed by atoms with Gasteiger partial charge in [0, 0.05) is 37.1 Å². The average Bonchev–Trinajstić information content (AvgIpc) is 2.71. The standard InChI is InChI=1S/C23H31N3O5/c1-23(2,3)31-22(29)24-16-10-12-26(13-11-16)14-18(21(27)28)17-7-5-6-15-8-9-19(30-4)25-20(15)17/h5-9,16,18H,10-14H2,1-4H3,(H,24,29)(H,27,28). The van der Waals surface area contributed by atoms with Crippen LogP contribution in [0.1, 0.15) is 45.1 Å². The summed E-state index contributed by atoms with van der Waals surface area (Å²) in [6.45, 7) is 7.28. The number of aliphatic carboxylic acids is 1. The zero-order valence-corrected chi connectivity index (χ0v) is 18.6. The molecule has 0 bridgehead atoms. The lowest BCUT2D eigenvalue weighted by molar-refractivity contribution is -0.139. The molecule has 2 aromatic rings. The molecule has 2 heterocycles. The van der Waals surface area contributed by atoms with Crippen molar-refractivity contribution in [2.24, 2.45) is 0 Å². The van der Waals surface area contributed by atoms with Crippen molar-refractivity contribution in [1.29, 1.82) is 0 Å². The van der Waals surface area contributed by atoms with Gasteiger partial charge in [0.2, 0.25) is 5.88 Å². The van der Waals surface area contributed by atoms with Crippen molar-refractivity contribution in [1.82, 2.24) is 15.2 Å². The highest BCUT2D eigenvalue weighted by Crippen LogP contribution is 2.28. The van der Waals surface area contributed by atoms with E-state index in [-0.39, 0.29) is 6.04 Å². The maximum absolute atomic E-state index is 12.2. The quantitative estimate of drug-likeness (QED) is 0.726. The van der Waals surface area contributed by atoms with Gasteiger partial charge >= 0.3 is 12.1 Å². The number of methoxy groups -OCH3 is 1. The molecule has 0 saturated carbocycles. The molecule has 1 aliphatic rings. The van der Waals surface area contributed by atoms with E-state index in [2.05, 4.69) is 15.2 Å². The number of nitrogens with zero attached hydrogens (tertiary/aromatic N) is 2. The highest BCUT2D eigenvalue weighted by atomic mass is 16.6. The molecule has 0 aliphatic carbocycles. The molecule has 1 aromatic heterocycles. The summed E-state index contributed by atoms with van der Waals surface area (Å²) in [5.74, 6) is -1.14. The smallest absolute Gasteiger partial charge is 0.407 e. The van der Waals surface area contributed by atoms with Crippen LogP contribution >= 0.6 is 0 Å². The number of alkyl carbamates (subject to hydrolysis) is 1. The summed E-state index contributed by atoms with van der Waals surface area (Å²) in [6.07, 6.45) is 1.07. The molecule has 8 nitrogen and oxygen atoms in total. The third-order valence-corrected chi connectivity index (χ3v) is 5.36. The molecule has 0 radical (unpaired) electrons. The van der Waals surface area contributed by atoms with E-state index in [1.807, 2.05) is 45.0 Å². The van der Waals surface area contributed by atoms with Crippen molar-refractivity contribution in [2.75, 3.05) is 26.7 Å². The molecular weight excluding hydrogens is 398 g/mol. The summed E-state index contributed by atoms with van der Waals surface area (Å²) in [5.41, 5.74) is 0.794. The number of para-hydroxylation sites is 1. The first-order chi connectivity index (χ1) is 14.7. The third-order valence-electron chi connectivity index (χ3n) is 5.36. The van der Waals surface area contributed by atoms with Crippen LogP contribution in [0.25, 0.3) is 10.9 Å². The number of pyridine rings is 1. The highest BCUT2D eigenvalue weighted by Gasteiger charge is 2.29. The Labute approximate surface area is 182 Å². The number of rotatable bonds is 6. The number of carbonyl (C=O) groups excluding carboxylic acids is 1. The van der Waals surface area contributed by atoms with Crippen molar-refractivity contribution in [3.8, 4) is 5.88 Å². The van der Waals surface area contributed by atoms with Crippen molar-refractivity contribution < 1.29 is 24.2 Å². The molecule has 1 saturated heterocycles. The Balaban J connectivity index is 1.67. The van der Waals surface area contributed by atoms with Crippen molar-refractivity contribution in [2.45, 2.75) is 51.2 Å². The molecule has 1 aromatic carbocycles. The van der Waals surface area contributed by atoms with E-state index < -0.39 is 23.6 Å². The number of ether oxygens (including phenoxy) is 2. The monoisotopic (exact) mass is 429 g/mol. The lowest BCUT2D eigenvalue weighted by atomic mass is 9.94. The fraction of sp³-hybridized carbons (Fsp3) is 0.522. The first-order valence-corrected chi connectivity index (χ1v) is 10.5. The number of benzene rings is 1. The summed E-state index contributed by atoms with van der Waals surface area (Å²) < 4.78 is 10.5. The number of hydrogen-bond acceptors (Lipinski definition) is 6. The Kier molecular flexibility index (Phi) is 7.00. The minimum atomic E-state index is -0.883. The van der Waals surface area contributed by atoms with Gasteiger partial charge < -0.3 is 24.8 Å². The van der Waals surface area contributed by atoms with Gasteiger partial charge in [0.25, 0.3) is 0 Å². The van der Waals surface area contributed by atoms with Crippen LogP contribution in [0, 0.1) is 0 Å². The highest BCUT2D eigenvalue weighted by molar-refractivity contribution is 5.88. The third kappa shape index (κ3) is 6.07. The van der Waals surface area contributed by atoms with E-state index in [0.717, 1.165) is 18.2 Å². The first-order valence-electron chi connectivity index (χ1n) is 10.5. The summed E-state index contributed by atoms with van der Waals surface area (Å²) >= 11 is 0. The lowest BCUT2D eigenvalue weighted by Crippen LogP contribution is -2.47. The second-order valence-corrected chi connectivity index (χ2v) is 8.88. The number of carboxylic acids is 1. The SMILES string of the molecule is COc1ccc2cccc(C(CN3CCC(NC(=O)OC(C)(C)C)CC3)C(=O)O)c2n1. The Morgan fingerprint density at radius 1 is 1.23 bits per heavy atom. The van der Waals surface area contributed by atoms with Crippen molar-refractivity contribution in [3.05, 3.63) is 35.9 Å². The summed E-state index contributed by atoms with van der Waals surface area (Å²) in [6, 6.07) is 9.28. The zero-order chi connectivity index (χ0) is 22.6. The van der Waals surface area contributed by atoms with Gasteiger partial charge in [-0.2, -0.15) is 0 Å². The van der Waals surface area contributed by atoms with Crippen LogP contribution in [0.4, 0.5) is 4.79 Å². The Morgan fingerprint density at radius 3 is 2.55 bits per heavy atom. The van der Waals surface area contributed by atoms with Crippen LogP contribution in [0.3, 0.4) is 0 Å². The summed E-state index contributed by atoms with van der Waals surface area (Å²) in [7, 11) is 1.54. The Bertz CT molecular complexity index is 932. The molecule has 1 atom stereocenters. The van der Waals surface area contributed by atoms with Gasteiger partial charge in [0.1, 0.15) is 5.60 Å². The average molecular weight is 430 g/mol. The van der Waals surface area contributed by atoms with Crippen LogP contribution in [0.2, 0.25) is 0 Å². The maximum atomic E-state index is 12.2. The normalized spacial score (nSPS) is 16.6. The first kappa shape index (κ1) is 22.8. The molecule has 31 heavy (non-hydrogen) atoms. The molecule has 1 aliphatic heterocycles. The minimum Gasteiger partial charge on any atom is -0.481 e. The number of fused-ring (bicyclic) bond motifs is 1. The number of amides is 1. The predicted molar refractivity (Wildman–Crippen MR) is 118 cm³/mol. The molecule has 3 rings (SSSR count). The number of carbonyl (C=O) groups is 2. The van der Waals surface area contributed by atoms with E-state index in [1.165, 1.54) is 0 Å². The fourth-order valence-electron chi connectivity index (χ4n) is 3.85. The topological polar surface area (TPSA) is 101 Å². The van der Waals surface area contributed by atoms with E-state index in [0.29, 0.717) is 36.6 Å². The summed E-state index contributed by atoms with van der Waals surface area (Å²) in [5, 5.41) is 13.8. The Morgan fingerprint density at radius 2 is 1.94 bits per heavy atom. The van der Waals surface area contributed by atoms with Crippen LogP contribution < -0.4 is 10.1 Å². The number of nitrogens with one attached hydrogen (secondary N) is 1. The van der Waals surface area contributed by atoms with Crippen molar-refractivity contribution in [3.63, 3.8) is 0 Å². The molecule has 1 unspecified atom stereocenters. The predicted octanol–water partition coefficient (Wildman–Crippen LogP) is 3.40. The number of hydrogen-bond donors (Lipinski definition) is 2. The van der Waals surface area contributed by atoms with Gasteiger partial charge in [0.05, 0.1) is 18.5 Å². The molecule has 1 fully saturated rings. The van der Waals surface area contributed by atoms with Crippen LogP contribution in [0.15, 0.2) is 30.3 Å². The number of likely N-dealkylation sites (tertiary alicyclic amines) is 1. The molecule has 168 valence electrons. The second-order valence-electron chi connectivity index (χ2n) is 8.88. The molecule has 8 heteroatoms. The van der Waals surface area contributed by atoms with Gasteiger partial charge in [-0.3, -0.25) is 4.79 Å². The fourth-order valence-corrected chi connectivity index (χ4v) is 3.85. The van der Waals surface area contributed by atoms with Gasteiger partial charge in [0.15, 0.2) is 0 Å². The van der Waals surface area contributed by atoms with E-state index in [9.17, 15) is 14.7 Å². The number of aromatic nitrogens is 1. The molecule has 1 amide bonds.